The van der Waals surface area contributed by atoms with E-state index in [0.717, 1.165) is 25.8 Å². The van der Waals surface area contributed by atoms with E-state index >= 15 is 0 Å². The van der Waals surface area contributed by atoms with Gasteiger partial charge in [-0.15, -0.1) is 6.58 Å². The van der Waals surface area contributed by atoms with Gasteiger partial charge >= 0.3 is 10.2 Å². The predicted octanol–water partition coefficient (Wildman–Crippen LogP) is 1.06. The first-order chi connectivity index (χ1) is 14.6. The molecule has 8 nitrogen and oxygen atoms in total. The number of fused-ring (bicyclic) bond motifs is 1. The molecular formula is C22H34N4O4S. The summed E-state index contributed by atoms with van der Waals surface area (Å²) in [5, 5.41) is 6.32. The molecule has 5 aliphatic rings. The monoisotopic (exact) mass is 450 g/mol. The van der Waals surface area contributed by atoms with E-state index in [2.05, 4.69) is 35.8 Å². The summed E-state index contributed by atoms with van der Waals surface area (Å²) in [6, 6.07) is -0.356. The van der Waals surface area contributed by atoms with Crippen LogP contribution in [-0.4, -0.2) is 55.8 Å². The van der Waals surface area contributed by atoms with E-state index in [-0.39, 0.29) is 28.7 Å². The number of rotatable bonds is 6. The van der Waals surface area contributed by atoms with Gasteiger partial charge < -0.3 is 10.6 Å². The van der Waals surface area contributed by atoms with Crippen molar-refractivity contribution in [2.24, 2.45) is 22.2 Å². The predicted molar refractivity (Wildman–Crippen MR) is 116 cm³/mol. The Morgan fingerprint density at radius 2 is 1.77 bits per heavy atom. The van der Waals surface area contributed by atoms with Crippen LogP contribution in [-0.2, 0) is 19.8 Å². The maximum Gasteiger partial charge on any atom is 0.303 e. The first-order valence-electron chi connectivity index (χ1n) is 11.6. The van der Waals surface area contributed by atoms with Gasteiger partial charge in [0.05, 0.1) is 6.04 Å². The molecule has 31 heavy (non-hydrogen) atoms. The topological polar surface area (TPSA) is 108 Å². The highest BCUT2D eigenvalue weighted by atomic mass is 32.2. The number of hydrogen-bond acceptors (Lipinski definition) is 5. The molecule has 2 amide bonds. The van der Waals surface area contributed by atoms with Crippen molar-refractivity contribution in [3.8, 4) is 0 Å². The second-order valence-corrected chi connectivity index (χ2v) is 12.5. The minimum Gasteiger partial charge on any atom is -0.340 e. The van der Waals surface area contributed by atoms with Gasteiger partial charge in [-0.25, -0.2) is 4.72 Å². The summed E-state index contributed by atoms with van der Waals surface area (Å²) in [4.78, 5) is 26.2. The molecule has 4 atom stereocenters. The first-order valence-corrected chi connectivity index (χ1v) is 13.0. The van der Waals surface area contributed by atoms with Gasteiger partial charge in [-0.1, -0.05) is 26.3 Å². The molecule has 9 heteroatoms. The van der Waals surface area contributed by atoms with Crippen LogP contribution in [0.1, 0.15) is 58.8 Å². The number of nitrogens with one attached hydrogen (secondary N) is 3. The van der Waals surface area contributed by atoms with Crippen molar-refractivity contribution in [3.63, 3.8) is 0 Å². The minimum atomic E-state index is -3.89. The SMILES string of the molecule is C=C[C@@H]1C[C@]1(NC(=O)[C@@H]1C[C@@]2(CN1)C(C)(C)C21CCC1)C(=O)NS(=O)(=O)N1CCCC1. The minimum absolute atomic E-state index is 0.149. The fraction of sp³-hybridized carbons (Fsp3) is 0.818. The molecule has 2 heterocycles. The van der Waals surface area contributed by atoms with Crippen LogP contribution in [0, 0.1) is 22.2 Å². The van der Waals surface area contributed by atoms with Crippen molar-refractivity contribution < 1.29 is 18.0 Å². The number of nitrogens with zero attached hydrogens (tertiary/aromatic N) is 1. The third kappa shape index (κ3) is 2.69. The van der Waals surface area contributed by atoms with Gasteiger partial charge in [0, 0.05) is 25.6 Å². The van der Waals surface area contributed by atoms with Crippen molar-refractivity contribution in [3.05, 3.63) is 12.7 Å². The van der Waals surface area contributed by atoms with E-state index in [4.69, 9.17) is 0 Å². The molecule has 3 saturated carbocycles. The van der Waals surface area contributed by atoms with Gasteiger partial charge in [0.1, 0.15) is 5.54 Å². The summed E-state index contributed by atoms with van der Waals surface area (Å²) >= 11 is 0. The number of carbonyl (C=O) groups is 2. The molecule has 5 fully saturated rings. The molecule has 0 aromatic heterocycles. The molecule has 3 N–H and O–H groups in total. The third-order valence-electron chi connectivity index (χ3n) is 9.65. The normalized spacial score (nSPS) is 39.8. The second-order valence-electron chi connectivity index (χ2n) is 10.8. The molecule has 172 valence electrons. The number of amides is 2. The molecular weight excluding hydrogens is 416 g/mol. The second kappa shape index (κ2) is 6.54. The fourth-order valence-corrected chi connectivity index (χ4v) is 8.54. The Hall–Kier alpha value is -1.45. The smallest absolute Gasteiger partial charge is 0.303 e. The lowest BCUT2D eigenvalue weighted by molar-refractivity contribution is -0.130. The van der Waals surface area contributed by atoms with E-state index in [1.807, 2.05) is 0 Å². The molecule has 2 aliphatic heterocycles. The Morgan fingerprint density at radius 1 is 1.10 bits per heavy atom. The summed E-state index contributed by atoms with van der Waals surface area (Å²) in [5.41, 5.74) is -0.501. The van der Waals surface area contributed by atoms with Crippen LogP contribution in [0.3, 0.4) is 0 Å². The first kappa shape index (κ1) is 21.4. The van der Waals surface area contributed by atoms with Crippen LogP contribution in [0.5, 0.6) is 0 Å². The molecule has 2 spiro atoms. The molecule has 2 saturated heterocycles. The van der Waals surface area contributed by atoms with E-state index in [0.29, 0.717) is 24.9 Å². The molecule has 3 aliphatic carbocycles. The largest absolute Gasteiger partial charge is 0.340 e. The number of hydrogen-bond donors (Lipinski definition) is 3. The van der Waals surface area contributed by atoms with Gasteiger partial charge in [0.25, 0.3) is 5.91 Å². The zero-order valence-corrected chi connectivity index (χ0v) is 19.3. The Balaban J connectivity index is 1.27. The summed E-state index contributed by atoms with van der Waals surface area (Å²) < 4.78 is 28.7. The summed E-state index contributed by atoms with van der Waals surface area (Å²) in [6.45, 7) is 10.1. The van der Waals surface area contributed by atoms with Crippen LogP contribution in [0.4, 0.5) is 0 Å². The van der Waals surface area contributed by atoms with Gasteiger partial charge in [0.2, 0.25) is 5.91 Å². The molecule has 0 aromatic rings. The van der Waals surface area contributed by atoms with Gasteiger partial charge in [-0.3, -0.25) is 9.59 Å². The standard InChI is InChI=1S/C22H34N4O4S/c1-4-15-12-22(15,18(28)25-31(29,30)26-10-5-6-11-26)24-17(27)16-13-21(14-23-16)19(2,3)20(21)8-7-9-20/h4,15-16,23H,1,5-14H2,2-3H3,(H,24,27)(H,25,28)/t15-,16+,21-,22-/m1/s1. The van der Waals surface area contributed by atoms with E-state index < -0.39 is 21.7 Å². The Morgan fingerprint density at radius 3 is 2.29 bits per heavy atom. The summed E-state index contributed by atoms with van der Waals surface area (Å²) in [7, 11) is -3.89. The van der Waals surface area contributed by atoms with Crippen LogP contribution >= 0.6 is 0 Å². The Bertz CT molecular complexity index is 937. The van der Waals surface area contributed by atoms with Crippen LogP contribution in [0.15, 0.2) is 12.7 Å². The van der Waals surface area contributed by atoms with E-state index in [9.17, 15) is 18.0 Å². The zero-order valence-electron chi connectivity index (χ0n) is 18.5. The fourth-order valence-electron chi connectivity index (χ4n) is 7.25. The van der Waals surface area contributed by atoms with Crippen molar-refractivity contribution in [2.75, 3.05) is 19.6 Å². The lowest BCUT2D eigenvalue weighted by Gasteiger charge is -2.31. The number of carbonyl (C=O) groups excluding carboxylic acids is 2. The molecule has 0 unspecified atom stereocenters. The van der Waals surface area contributed by atoms with Gasteiger partial charge in [0.15, 0.2) is 0 Å². The third-order valence-corrected chi connectivity index (χ3v) is 11.1. The molecule has 0 aromatic carbocycles. The van der Waals surface area contributed by atoms with Crippen molar-refractivity contribution >= 4 is 22.0 Å². The maximum atomic E-state index is 13.2. The highest BCUT2D eigenvalue weighted by molar-refractivity contribution is 7.87. The summed E-state index contributed by atoms with van der Waals surface area (Å²) in [5.74, 6) is -1.14. The maximum absolute atomic E-state index is 13.2. The zero-order chi connectivity index (χ0) is 22.3. The van der Waals surface area contributed by atoms with Crippen LogP contribution < -0.4 is 15.4 Å². The lowest BCUT2D eigenvalue weighted by atomic mass is 9.73. The molecule has 0 radical (unpaired) electrons. The van der Waals surface area contributed by atoms with Crippen molar-refractivity contribution in [1.82, 2.24) is 19.7 Å². The molecule has 5 rings (SSSR count). The van der Waals surface area contributed by atoms with E-state index in [1.165, 1.54) is 23.6 Å². The van der Waals surface area contributed by atoms with Gasteiger partial charge in [-0.05, 0) is 54.8 Å². The van der Waals surface area contributed by atoms with Crippen molar-refractivity contribution in [2.45, 2.75) is 70.4 Å². The van der Waals surface area contributed by atoms with Gasteiger partial charge in [-0.2, -0.15) is 12.7 Å². The molecule has 0 bridgehead atoms. The Kier molecular flexibility index (Phi) is 4.52. The van der Waals surface area contributed by atoms with E-state index in [1.54, 1.807) is 6.08 Å². The quantitative estimate of drug-likeness (QED) is 0.525. The van der Waals surface area contributed by atoms with Crippen molar-refractivity contribution in [1.29, 1.82) is 0 Å². The lowest BCUT2D eigenvalue weighted by Crippen LogP contribution is -2.56. The average molecular weight is 451 g/mol. The Labute approximate surface area is 184 Å². The highest BCUT2D eigenvalue weighted by Gasteiger charge is 2.83. The van der Waals surface area contributed by atoms with Crippen LogP contribution in [0.2, 0.25) is 0 Å². The average Bonchev–Trinajstić information content (AvgIpc) is 3.16. The van der Waals surface area contributed by atoms with Crippen LogP contribution in [0.25, 0.3) is 0 Å². The highest BCUT2D eigenvalue weighted by Crippen LogP contribution is 2.87. The summed E-state index contributed by atoms with van der Waals surface area (Å²) in [6.07, 6.45) is 8.07.